The number of hydrogen-bond acceptors (Lipinski definition) is 9. The van der Waals surface area contributed by atoms with Gasteiger partial charge in [-0.2, -0.15) is 0 Å². The Balaban J connectivity index is 0.000000186. The molecular weight excluding hydrogens is 961 g/mol. The van der Waals surface area contributed by atoms with E-state index in [4.69, 9.17) is 20.0 Å². The number of carboxylic acid groups (broad SMARTS) is 4. The van der Waals surface area contributed by atoms with Crippen LogP contribution in [-0.2, 0) is 19.2 Å². The molecule has 0 aliphatic carbocycles. The summed E-state index contributed by atoms with van der Waals surface area (Å²) in [6.07, 6.45) is 13.1. The summed E-state index contributed by atoms with van der Waals surface area (Å²) in [7, 11) is 0. The Morgan fingerprint density at radius 3 is 1.74 bits per heavy atom. The van der Waals surface area contributed by atoms with E-state index in [0.29, 0.717) is 24.2 Å². The summed E-state index contributed by atoms with van der Waals surface area (Å²) in [6.45, 7) is 16.1. The monoisotopic (exact) mass is 1020 g/mol. The van der Waals surface area contributed by atoms with E-state index < -0.39 is 35.0 Å². The Hall–Kier alpha value is -8.66. The molecule has 2 atom stereocenters. The van der Waals surface area contributed by atoms with Crippen molar-refractivity contribution < 1.29 is 39.6 Å². The van der Waals surface area contributed by atoms with E-state index in [1.807, 2.05) is 96.2 Å². The van der Waals surface area contributed by atoms with Crippen LogP contribution in [0.25, 0.3) is 56.5 Å². The first kappa shape index (κ1) is 52.2. The fraction of sp³-hybridized carbons (Fsp3) is 0.300. The molecule has 16 heteroatoms. The Kier molecular flexibility index (Phi) is 14.1. The highest BCUT2D eigenvalue weighted by molar-refractivity contribution is 6.23. The van der Waals surface area contributed by atoms with Gasteiger partial charge >= 0.3 is 23.9 Å². The van der Waals surface area contributed by atoms with E-state index >= 15 is 0 Å². The molecule has 10 rings (SSSR count). The highest BCUT2D eigenvalue weighted by atomic mass is 16.4. The number of nitrogens with one attached hydrogen (secondary N) is 4. The lowest BCUT2D eigenvalue weighted by atomic mass is 9.76. The van der Waals surface area contributed by atoms with E-state index in [2.05, 4.69) is 64.5 Å². The third-order valence-electron chi connectivity index (χ3n) is 14.9. The van der Waals surface area contributed by atoms with Gasteiger partial charge in [-0.25, -0.2) is 15.0 Å². The number of H-pyrrole nitrogens is 3. The van der Waals surface area contributed by atoms with Crippen molar-refractivity contribution in [2.24, 2.45) is 9.98 Å². The number of carboxylic acids is 4. The van der Waals surface area contributed by atoms with Gasteiger partial charge in [0.1, 0.15) is 5.54 Å². The zero-order chi connectivity index (χ0) is 54.4. The van der Waals surface area contributed by atoms with Crippen LogP contribution in [0.5, 0.6) is 0 Å². The first-order valence-corrected chi connectivity index (χ1v) is 25.4. The second-order valence-corrected chi connectivity index (χ2v) is 20.6. The molecule has 16 bridgehead atoms. The van der Waals surface area contributed by atoms with Gasteiger partial charge in [0.05, 0.1) is 45.4 Å². The number of hydrogen-bond donors (Lipinski definition) is 8. The predicted molar refractivity (Wildman–Crippen MR) is 297 cm³/mol. The smallest absolute Gasteiger partial charge is 0.303 e. The van der Waals surface area contributed by atoms with Crippen LogP contribution in [0.1, 0.15) is 127 Å². The van der Waals surface area contributed by atoms with Crippen LogP contribution < -0.4 is 16.0 Å². The minimum absolute atomic E-state index is 0.0138. The minimum Gasteiger partial charge on any atom is -0.481 e. The van der Waals surface area contributed by atoms with Crippen molar-refractivity contribution in [3.05, 3.63) is 151 Å². The number of aryl methyl sites for hydroxylation is 2. The first-order valence-electron chi connectivity index (χ1n) is 25.4. The number of fused-ring (bicyclic) bond motifs is 14. The van der Waals surface area contributed by atoms with Crippen molar-refractivity contribution in [3.8, 4) is 0 Å². The second kappa shape index (κ2) is 20.6. The standard InChI is InChI=1S/C30H30N4O4.C30H32N4O4/c1-15-9-20-12-25-17(3)21(5-7-29(35)36)27(33-25)14-28-22(6-8-30(37)38)18(4)26(34-28)13-24-16(2)10-19(32-24)11-23(15)31-20;1-17-15-29(4)16-23-8-7-21(32-23)13-20-5-6-22(31-20)14-25-18(2)24(9-10-26(35)36)30(33-25,12-11-27(37)38)19(3)28(17)34-29/h9-14,31-32H,5-8H2,1-4H3,(H,35,36)(H,37,38);5-8,13-16,31,34H,9-12H2,1-4H3,(H,35,36)(H,37,38). The maximum absolute atomic E-state index is 11.8. The summed E-state index contributed by atoms with van der Waals surface area (Å²) < 4.78 is 0. The number of aromatic nitrogens is 5. The van der Waals surface area contributed by atoms with Crippen LogP contribution in [0.2, 0.25) is 0 Å². The van der Waals surface area contributed by atoms with E-state index in [0.717, 1.165) is 123 Å². The largest absolute Gasteiger partial charge is 0.481 e. The summed E-state index contributed by atoms with van der Waals surface area (Å²) in [6, 6.07) is 16.0. The molecule has 0 saturated carbocycles. The summed E-state index contributed by atoms with van der Waals surface area (Å²) in [4.78, 5) is 76.4. The number of nitrogens with zero attached hydrogens (tertiary/aromatic N) is 4. The molecule has 6 aliphatic heterocycles. The highest BCUT2D eigenvalue weighted by Crippen LogP contribution is 2.47. The van der Waals surface area contributed by atoms with Gasteiger partial charge in [-0.1, -0.05) is 6.08 Å². The molecule has 6 aliphatic rings. The summed E-state index contributed by atoms with van der Waals surface area (Å²) >= 11 is 0. The molecular formula is C60H62N8O8. The third-order valence-corrected chi connectivity index (χ3v) is 14.9. The van der Waals surface area contributed by atoms with Crippen molar-refractivity contribution in [3.63, 3.8) is 0 Å². The van der Waals surface area contributed by atoms with Crippen LogP contribution in [0, 0.1) is 13.8 Å². The molecule has 76 heavy (non-hydrogen) atoms. The number of aliphatic carboxylic acids is 4. The highest BCUT2D eigenvalue weighted by Gasteiger charge is 2.45. The van der Waals surface area contributed by atoms with Gasteiger partial charge in [0, 0.05) is 64.1 Å². The Morgan fingerprint density at radius 1 is 0.579 bits per heavy atom. The molecule has 4 aromatic heterocycles. The lowest BCUT2D eigenvalue weighted by Gasteiger charge is -2.34. The van der Waals surface area contributed by atoms with Crippen LogP contribution in [0.3, 0.4) is 0 Å². The molecule has 0 spiro atoms. The quantitative estimate of drug-likeness (QED) is 0.0662. The topological polar surface area (TPSA) is 259 Å². The SMILES string of the molecule is CC1=C(CCC(=O)O)c2cc3nc(cc4[nH]c(cc4C)cc4[nH]c(cc1n2)cc4C)C(C)=C3CCC(=O)O.CC1=CC2(C)C=C3C=CC(=N3)C=c3ccc([nH]3)=CC3=NC(CCC(=O)O)(C(C)=C1N2)C(CCC(=O)O)=C3C. The fourth-order valence-corrected chi connectivity index (χ4v) is 11.0. The second-order valence-electron chi connectivity index (χ2n) is 20.6. The molecule has 0 saturated heterocycles. The first-order chi connectivity index (χ1) is 36.1. The molecule has 8 N–H and O–H groups in total. The van der Waals surface area contributed by atoms with Gasteiger partial charge in [0.2, 0.25) is 0 Å². The lowest BCUT2D eigenvalue weighted by Crippen LogP contribution is -2.37. The average Bonchev–Trinajstić information content (AvgIpc) is 4.28. The summed E-state index contributed by atoms with van der Waals surface area (Å²) in [5.74, 6) is -3.56. The van der Waals surface area contributed by atoms with E-state index in [1.165, 1.54) is 0 Å². The lowest BCUT2D eigenvalue weighted by molar-refractivity contribution is -0.138. The van der Waals surface area contributed by atoms with Crippen LogP contribution >= 0.6 is 0 Å². The maximum Gasteiger partial charge on any atom is 0.303 e. The van der Waals surface area contributed by atoms with Crippen LogP contribution in [0.15, 0.2) is 117 Å². The zero-order valence-corrected chi connectivity index (χ0v) is 44.0. The average molecular weight is 1020 g/mol. The van der Waals surface area contributed by atoms with Gasteiger partial charge < -0.3 is 40.7 Å². The Morgan fingerprint density at radius 2 is 1.13 bits per heavy atom. The molecule has 0 radical (unpaired) electrons. The summed E-state index contributed by atoms with van der Waals surface area (Å²) in [5.41, 5.74) is 17.8. The molecule has 0 fully saturated rings. The molecule has 4 aromatic rings. The van der Waals surface area contributed by atoms with Crippen molar-refractivity contribution in [2.45, 2.75) is 118 Å². The minimum atomic E-state index is -0.975. The number of aliphatic imine (C=N–C) groups is 2. The van der Waals surface area contributed by atoms with E-state index in [9.17, 15) is 39.6 Å². The van der Waals surface area contributed by atoms with Gasteiger partial charge in [-0.15, -0.1) is 0 Å². The number of rotatable bonds is 12. The molecule has 2 unspecified atom stereocenters. The Labute approximate surface area is 439 Å². The predicted octanol–water partition coefficient (Wildman–Crippen LogP) is 9.83. The third kappa shape index (κ3) is 10.8. The van der Waals surface area contributed by atoms with Crippen LogP contribution in [-0.4, -0.2) is 91.7 Å². The van der Waals surface area contributed by atoms with Crippen LogP contribution in [0.4, 0.5) is 0 Å². The molecule has 390 valence electrons. The van der Waals surface area contributed by atoms with Gasteiger partial charge in [0.25, 0.3) is 0 Å². The number of allylic oxidation sites excluding steroid dienone is 8. The Bertz CT molecular complexity index is 3810. The zero-order valence-electron chi connectivity index (χ0n) is 44.0. The number of carbonyl (C=O) groups is 4. The van der Waals surface area contributed by atoms with Gasteiger partial charge in [0.15, 0.2) is 0 Å². The van der Waals surface area contributed by atoms with Gasteiger partial charge in [-0.05, 0) is 216 Å². The molecule has 0 amide bonds. The van der Waals surface area contributed by atoms with Crippen molar-refractivity contribution in [1.29, 1.82) is 0 Å². The molecule has 16 nitrogen and oxygen atoms in total. The van der Waals surface area contributed by atoms with Crippen molar-refractivity contribution >= 4 is 91.8 Å². The summed E-state index contributed by atoms with van der Waals surface area (Å²) in [5, 5.41) is 43.3. The van der Waals surface area contributed by atoms with E-state index in [-0.39, 0.29) is 38.5 Å². The van der Waals surface area contributed by atoms with Gasteiger partial charge in [-0.3, -0.25) is 24.2 Å². The molecule has 10 heterocycles. The fourth-order valence-electron chi connectivity index (χ4n) is 11.0. The number of aromatic amines is 3. The van der Waals surface area contributed by atoms with Crippen molar-refractivity contribution in [2.75, 3.05) is 0 Å². The normalized spacial score (nSPS) is 19.6. The van der Waals surface area contributed by atoms with Crippen molar-refractivity contribution in [1.82, 2.24) is 30.2 Å². The molecule has 0 aromatic carbocycles. The van der Waals surface area contributed by atoms with E-state index in [1.54, 1.807) is 0 Å². The maximum atomic E-state index is 11.8.